The molecule has 1 aromatic rings. The molecule has 0 atom stereocenters. The summed E-state index contributed by atoms with van der Waals surface area (Å²) in [7, 11) is 0. The molecule has 0 aliphatic carbocycles. The molecular weight excluding hydrogens is 154 g/mol. The summed E-state index contributed by atoms with van der Waals surface area (Å²) in [6.07, 6.45) is 1.99. The molecule has 0 aromatic carbocycles. The summed E-state index contributed by atoms with van der Waals surface area (Å²) in [5.41, 5.74) is 0.415. The molecule has 0 N–H and O–H groups in total. The van der Waals surface area contributed by atoms with Crippen LogP contribution < -0.4 is 5.69 Å². The third kappa shape index (κ3) is 1.92. The van der Waals surface area contributed by atoms with E-state index in [9.17, 15) is 4.79 Å². The topological polar surface area (TPSA) is 58.7 Å². The van der Waals surface area contributed by atoms with Gasteiger partial charge in [0, 0.05) is 18.4 Å². The fourth-order valence-corrected chi connectivity index (χ4v) is 0.855. The molecular formula is C8H9N3O. The molecule has 0 fully saturated rings. The van der Waals surface area contributed by atoms with Crippen LogP contribution in [0.2, 0.25) is 0 Å². The Bertz CT molecular complexity index is 361. The zero-order chi connectivity index (χ0) is 8.97. The van der Waals surface area contributed by atoms with Crippen molar-refractivity contribution >= 4 is 0 Å². The van der Waals surface area contributed by atoms with E-state index in [1.54, 1.807) is 19.2 Å². The van der Waals surface area contributed by atoms with Crippen LogP contribution in [-0.2, 0) is 6.54 Å². The van der Waals surface area contributed by atoms with Crippen molar-refractivity contribution in [2.24, 2.45) is 0 Å². The highest BCUT2D eigenvalue weighted by Gasteiger charge is 1.95. The molecule has 4 heteroatoms. The molecule has 62 valence electrons. The van der Waals surface area contributed by atoms with Crippen molar-refractivity contribution in [2.45, 2.75) is 19.9 Å². The van der Waals surface area contributed by atoms with Gasteiger partial charge in [0.25, 0.3) is 0 Å². The van der Waals surface area contributed by atoms with Gasteiger partial charge in [-0.3, -0.25) is 4.57 Å². The van der Waals surface area contributed by atoms with Crippen molar-refractivity contribution in [1.29, 1.82) is 5.26 Å². The molecule has 0 radical (unpaired) electrons. The summed E-state index contributed by atoms with van der Waals surface area (Å²) in [5, 5.41) is 8.29. The van der Waals surface area contributed by atoms with E-state index in [0.717, 1.165) is 0 Å². The van der Waals surface area contributed by atoms with E-state index >= 15 is 0 Å². The molecule has 0 spiro atoms. The Morgan fingerprint density at radius 3 is 3.08 bits per heavy atom. The molecule has 1 rings (SSSR count). The van der Waals surface area contributed by atoms with Gasteiger partial charge < -0.3 is 0 Å². The van der Waals surface area contributed by atoms with Gasteiger partial charge in [0.2, 0.25) is 0 Å². The first kappa shape index (κ1) is 8.47. The number of hydrogen-bond acceptors (Lipinski definition) is 3. The number of rotatable bonds is 2. The first-order valence-corrected chi connectivity index (χ1v) is 3.65. The SMILES string of the molecule is Cc1ccn(CCC#N)c(=O)n1. The highest BCUT2D eigenvalue weighted by atomic mass is 16.1. The van der Waals surface area contributed by atoms with Crippen molar-refractivity contribution in [1.82, 2.24) is 9.55 Å². The lowest BCUT2D eigenvalue weighted by Crippen LogP contribution is -2.22. The van der Waals surface area contributed by atoms with Crippen molar-refractivity contribution in [3.8, 4) is 6.07 Å². The highest BCUT2D eigenvalue weighted by molar-refractivity contribution is 4.95. The van der Waals surface area contributed by atoms with Crippen LogP contribution in [0, 0.1) is 18.3 Å². The van der Waals surface area contributed by atoms with Gasteiger partial charge in [0.15, 0.2) is 0 Å². The summed E-state index contributed by atoms with van der Waals surface area (Å²) in [6.45, 7) is 2.18. The average Bonchev–Trinajstić information content (AvgIpc) is 2.03. The lowest BCUT2D eigenvalue weighted by atomic mass is 10.4. The predicted octanol–water partition coefficient (Wildman–Crippen LogP) is 0.465. The molecule has 1 heterocycles. The van der Waals surface area contributed by atoms with Crippen LogP contribution in [-0.4, -0.2) is 9.55 Å². The van der Waals surface area contributed by atoms with Crippen LogP contribution in [0.15, 0.2) is 17.1 Å². The smallest absolute Gasteiger partial charge is 0.298 e. The normalized spacial score (nSPS) is 9.33. The van der Waals surface area contributed by atoms with E-state index in [1.807, 2.05) is 6.07 Å². The first-order valence-electron chi connectivity index (χ1n) is 3.65. The van der Waals surface area contributed by atoms with E-state index in [1.165, 1.54) is 4.57 Å². The molecule has 4 nitrogen and oxygen atoms in total. The zero-order valence-corrected chi connectivity index (χ0v) is 6.82. The van der Waals surface area contributed by atoms with E-state index in [4.69, 9.17) is 5.26 Å². The van der Waals surface area contributed by atoms with Gasteiger partial charge >= 0.3 is 5.69 Å². The second-order valence-corrected chi connectivity index (χ2v) is 2.45. The van der Waals surface area contributed by atoms with Crippen LogP contribution in [0.25, 0.3) is 0 Å². The third-order valence-corrected chi connectivity index (χ3v) is 1.48. The van der Waals surface area contributed by atoms with Crippen molar-refractivity contribution in [3.05, 3.63) is 28.4 Å². The standard InChI is InChI=1S/C8H9N3O/c1-7-3-6-11(5-2-4-9)8(12)10-7/h3,6H,2,5H2,1H3. The van der Waals surface area contributed by atoms with Crippen molar-refractivity contribution in [2.75, 3.05) is 0 Å². The van der Waals surface area contributed by atoms with Crippen LogP contribution in [0.3, 0.4) is 0 Å². The Hall–Kier alpha value is -1.63. The van der Waals surface area contributed by atoms with Gasteiger partial charge in [-0.15, -0.1) is 0 Å². The number of nitrogens with zero attached hydrogens (tertiary/aromatic N) is 3. The van der Waals surface area contributed by atoms with Crippen molar-refractivity contribution in [3.63, 3.8) is 0 Å². The molecule has 0 unspecified atom stereocenters. The number of aromatic nitrogens is 2. The minimum absolute atomic E-state index is 0.287. The van der Waals surface area contributed by atoms with Crippen molar-refractivity contribution < 1.29 is 0 Å². The van der Waals surface area contributed by atoms with E-state index < -0.39 is 0 Å². The fraction of sp³-hybridized carbons (Fsp3) is 0.375. The fourth-order valence-electron chi connectivity index (χ4n) is 0.855. The van der Waals surface area contributed by atoms with Gasteiger partial charge in [-0.1, -0.05) is 0 Å². The van der Waals surface area contributed by atoms with Gasteiger partial charge in [-0.2, -0.15) is 10.2 Å². The number of nitriles is 1. The first-order chi connectivity index (χ1) is 5.74. The lowest BCUT2D eigenvalue weighted by molar-refractivity contribution is 0.659. The molecule has 0 saturated carbocycles. The highest BCUT2D eigenvalue weighted by Crippen LogP contribution is 1.88. The Morgan fingerprint density at radius 2 is 2.50 bits per heavy atom. The minimum atomic E-state index is -0.287. The van der Waals surface area contributed by atoms with Crippen LogP contribution in [0.1, 0.15) is 12.1 Å². The Balaban J connectivity index is 2.89. The summed E-state index contributed by atoms with van der Waals surface area (Å²) in [5.74, 6) is 0. The molecule has 0 saturated heterocycles. The van der Waals surface area contributed by atoms with Crippen LogP contribution in [0.5, 0.6) is 0 Å². The largest absolute Gasteiger partial charge is 0.347 e. The quantitative estimate of drug-likeness (QED) is 0.636. The molecule has 12 heavy (non-hydrogen) atoms. The Kier molecular flexibility index (Phi) is 2.59. The lowest BCUT2D eigenvalue weighted by Gasteiger charge is -1.99. The predicted molar refractivity (Wildman–Crippen MR) is 43.5 cm³/mol. The Morgan fingerprint density at radius 1 is 1.75 bits per heavy atom. The number of aryl methyl sites for hydroxylation is 2. The van der Waals surface area contributed by atoms with Gasteiger partial charge in [-0.25, -0.2) is 4.79 Å². The van der Waals surface area contributed by atoms with Crippen LogP contribution >= 0.6 is 0 Å². The van der Waals surface area contributed by atoms with Gasteiger partial charge in [0.1, 0.15) is 0 Å². The molecule has 0 aliphatic rings. The third-order valence-electron chi connectivity index (χ3n) is 1.48. The maximum absolute atomic E-state index is 11.1. The number of hydrogen-bond donors (Lipinski definition) is 0. The molecule has 0 aliphatic heterocycles. The monoisotopic (exact) mass is 163 g/mol. The van der Waals surface area contributed by atoms with E-state index in [0.29, 0.717) is 18.7 Å². The van der Waals surface area contributed by atoms with Crippen LogP contribution in [0.4, 0.5) is 0 Å². The van der Waals surface area contributed by atoms with E-state index in [2.05, 4.69) is 4.98 Å². The average molecular weight is 163 g/mol. The minimum Gasteiger partial charge on any atom is -0.298 e. The summed E-state index contributed by atoms with van der Waals surface area (Å²) < 4.78 is 1.43. The van der Waals surface area contributed by atoms with Gasteiger partial charge in [-0.05, 0) is 13.0 Å². The maximum Gasteiger partial charge on any atom is 0.347 e. The molecule has 0 bridgehead atoms. The molecule has 0 amide bonds. The summed E-state index contributed by atoms with van der Waals surface area (Å²) >= 11 is 0. The maximum atomic E-state index is 11.1. The van der Waals surface area contributed by atoms with Gasteiger partial charge in [0.05, 0.1) is 12.5 Å². The van der Waals surface area contributed by atoms with E-state index in [-0.39, 0.29) is 5.69 Å². The Labute approximate surface area is 70.1 Å². The summed E-state index contributed by atoms with van der Waals surface area (Å²) in [6, 6.07) is 3.72. The second-order valence-electron chi connectivity index (χ2n) is 2.45. The zero-order valence-electron chi connectivity index (χ0n) is 6.82. The summed E-state index contributed by atoms with van der Waals surface area (Å²) in [4.78, 5) is 14.8. The molecule has 1 aromatic heterocycles. The second kappa shape index (κ2) is 3.67.